The zero-order valence-corrected chi connectivity index (χ0v) is 21.1. The highest BCUT2D eigenvalue weighted by atomic mass is 35.5. The molecule has 7 nitrogen and oxygen atoms in total. The second-order valence-corrected chi connectivity index (χ2v) is 11.2. The predicted molar refractivity (Wildman–Crippen MR) is 135 cm³/mol. The van der Waals surface area contributed by atoms with E-state index in [9.17, 15) is 9.59 Å². The second kappa shape index (κ2) is 8.22. The maximum absolute atomic E-state index is 13.6. The number of aromatic amines is 1. The minimum Gasteiger partial charge on any atom is -0.381 e. The molecule has 3 aliphatic heterocycles. The Bertz CT molecular complexity index is 1370. The summed E-state index contributed by atoms with van der Waals surface area (Å²) in [6.07, 6.45) is 2.68. The van der Waals surface area contributed by atoms with Crippen LogP contribution in [-0.4, -0.2) is 53.6 Å². The zero-order chi connectivity index (χ0) is 23.6. The molecule has 2 aromatic heterocycles. The second-order valence-electron chi connectivity index (χ2n) is 9.58. The fraction of sp³-hybridized carbons (Fsp3) is 0.458. The van der Waals surface area contributed by atoms with Gasteiger partial charge in [0.1, 0.15) is 5.52 Å². The smallest absolute Gasteiger partial charge is 0.256 e. The number of ether oxygens (including phenoxy) is 1. The van der Waals surface area contributed by atoms with Crippen LogP contribution in [0.4, 0.5) is 5.69 Å². The lowest BCUT2D eigenvalue weighted by atomic mass is 9.73. The van der Waals surface area contributed by atoms with E-state index in [-0.39, 0.29) is 23.4 Å². The topological polar surface area (TPSA) is 78.5 Å². The van der Waals surface area contributed by atoms with Gasteiger partial charge >= 0.3 is 0 Å². The monoisotopic (exact) mass is 518 g/mol. The molecular weight excluding hydrogens is 495 g/mol. The molecule has 3 aromatic rings. The van der Waals surface area contributed by atoms with Crippen molar-refractivity contribution >= 4 is 56.3 Å². The van der Waals surface area contributed by atoms with Crippen molar-refractivity contribution in [2.75, 3.05) is 37.7 Å². The largest absolute Gasteiger partial charge is 0.381 e. The summed E-state index contributed by atoms with van der Waals surface area (Å²) < 4.78 is 6.35. The van der Waals surface area contributed by atoms with E-state index in [0.29, 0.717) is 34.1 Å². The molecule has 2 fully saturated rings. The molecule has 1 spiro atoms. The van der Waals surface area contributed by atoms with Crippen LogP contribution in [0.1, 0.15) is 40.0 Å². The number of carbonyl (C=O) groups is 1. The zero-order valence-electron chi connectivity index (χ0n) is 18.7. The lowest BCUT2D eigenvalue weighted by Gasteiger charge is -2.53. The van der Waals surface area contributed by atoms with Crippen LogP contribution in [0.5, 0.6) is 0 Å². The van der Waals surface area contributed by atoms with E-state index in [0.717, 1.165) is 66.3 Å². The third kappa shape index (κ3) is 3.46. The van der Waals surface area contributed by atoms with Crippen LogP contribution in [0, 0.1) is 12.3 Å². The van der Waals surface area contributed by atoms with Crippen molar-refractivity contribution < 1.29 is 9.53 Å². The summed E-state index contributed by atoms with van der Waals surface area (Å²) in [5.41, 5.74) is 5.94. The molecule has 0 aliphatic carbocycles. The number of hydrogen-bond acceptors (Lipinski definition) is 6. The van der Waals surface area contributed by atoms with Gasteiger partial charge in [0.25, 0.3) is 11.5 Å². The third-order valence-electron chi connectivity index (χ3n) is 7.50. The summed E-state index contributed by atoms with van der Waals surface area (Å²) in [7, 11) is 0. The van der Waals surface area contributed by atoms with Gasteiger partial charge in [0.2, 0.25) is 0 Å². The molecule has 1 amide bonds. The van der Waals surface area contributed by atoms with Crippen molar-refractivity contribution in [3.05, 3.63) is 54.4 Å². The number of benzene rings is 1. The van der Waals surface area contributed by atoms with E-state index in [2.05, 4.69) is 14.9 Å². The number of carbonyl (C=O) groups excluding carboxylic acids is 1. The van der Waals surface area contributed by atoms with Gasteiger partial charge in [0.05, 0.1) is 38.6 Å². The molecule has 0 unspecified atom stereocenters. The summed E-state index contributed by atoms with van der Waals surface area (Å²) in [4.78, 5) is 37.6. The first-order valence-electron chi connectivity index (χ1n) is 11.4. The first kappa shape index (κ1) is 22.3. The molecule has 34 heavy (non-hydrogen) atoms. The fourth-order valence-corrected chi connectivity index (χ4v) is 7.07. The number of amides is 1. The molecule has 5 heterocycles. The van der Waals surface area contributed by atoms with Crippen LogP contribution in [-0.2, 0) is 17.7 Å². The number of aryl methyl sites for hydroxylation is 1. The fourth-order valence-electron chi connectivity index (χ4n) is 5.53. The van der Waals surface area contributed by atoms with Crippen LogP contribution in [0.3, 0.4) is 0 Å². The average Bonchev–Trinajstić information content (AvgIpc) is 3.29. The maximum atomic E-state index is 13.6. The Labute approximate surface area is 210 Å². The Morgan fingerprint density at radius 2 is 2.00 bits per heavy atom. The van der Waals surface area contributed by atoms with Crippen molar-refractivity contribution in [3.63, 3.8) is 0 Å². The third-order valence-corrected chi connectivity index (χ3v) is 9.10. The first-order chi connectivity index (χ1) is 16.4. The normalized spacial score (nSPS) is 19.6. The summed E-state index contributed by atoms with van der Waals surface area (Å²) >= 11 is 15.0. The number of nitrogens with one attached hydrogen (secondary N) is 1. The van der Waals surface area contributed by atoms with Crippen LogP contribution in [0.15, 0.2) is 16.4 Å². The Morgan fingerprint density at radius 1 is 1.24 bits per heavy atom. The highest BCUT2D eigenvalue weighted by Gasteiger charge is 2.45. The summed E-state index contributed by atoms with van der Waals surface area (Å²) in [6.45, 7) is 5.89. The van der Waals surface area contributed by atoms with Crippen LogP contribution >= 0.6 is 34.5 Å². The molecule has 0 bridgehead atoms. The minimum absolute atomic E-state index is 0.186. The molecule has 1 aromatic carbocycles. The number of anilines is 1. The summed E-state index contributed by atoms with van der Waals surface area (Å²) in [5.74, 6) is -0.186. The van der Waals surface area contributed by atoms with Gasteiger partial charge in [-0.2, -0.15) is 0 Å². The van der Waals surface area contributed by atoms with Crippen molar-refractivity contribution in [2.24, 2.45) is 5.41 Å². The van der Waals surface area contributed by atoms with E-state index in [4.69, 9.17) is 27.9 Å². The number of H-pyrrole nitrogens is 1. The van der Waals surface area contributed by atoms with Gasteiger partial charge in [-0.15, -0.1) is 11.3 Å². The van der Waals surface area contributed by atoms with Crippen molar-refractivity contribution in [3.8, 4) is 0 Å². The van der Waals surface area contributed by atoms with E-state index >= 15 is 0 Å². The van der Waals surface area contributed by atoms with Crippen molar-refractivity contribution in [2.45, 2.75) is 32.7 Å². The van der Waals surface area contributed by atoms with Crippen molar-refractivity contribution in [1.29, 1.82) is 0 Å². The van der Waals surface area contributed by atoms with E-state index < -0.39 is 0 Å². The highest BCUT2D eigenvalue weighted by Crippen LogP contribution is 2.47. The van der Waals surface area contributed by atoms with Gasteiger partial charge < -0.3 is 19.5 Å². The predicted octanol–water partition coefficient (Wildman–Crippen LogP) is 4.42. The SMILES string of the molecule is Cc1[nH]c(=O)c(CN2CCc3c(Cl)cc(N4CC5(CCOCC5)C4)c(Cl)c3C2=O)c2scnc12. The van der Waals surface area contributed by atoms with E-state index in [1.807, 2.05) is 13.0 Å². The number of nitrogens with zero attached hydrogens (tertiary/aromatic N) is 3. The number of fused-ring (bicyclic) bond motifs is 2. The average molecular weight is 519 g/mol. The number of thiazole rings is 1. The van der Waals surface area contributed by atoms with Gasteiger partial charge in [0, 0.05) is 49.0 Å². The number of hydrogen-bond donors (Lipinski definition) is 1. The van der Waals surface area contributed by atoms with Crippen LogP contribution in [0.2, 0.25) is 10.0 Å². The Kier molecular flexibility index (Phi) is 5.40. The lowest BCUT2D eigenvalue weighted by molar-refractivity contribution is -0.000186. The molecule has 1 N–H and O–H groups in total. The van der Waals surface area contributed by atoms with E-state index in [1.54, 1.807) is 10.4 Å². The van der Waals surface area contributed by atoms with Gasteiger partial charge in [-0.05, 0) is 37.8 Å². The summed E-state index contributed by atoms with van der Waals surface area (Å²) in [5, 5.41) is 1.03. The van der Waals surface area contributed by atoms with Crippen molar-refractivity contribution in [1.82, 2.24) is 14.9 Å². The molecule has 10 heteroatoms. The van der Waals surface area contributed by atoms with Crippen LogP contribution < -0.4 is 10.5 Å². The molecule has 0 saturated carbocycles. The summed E-state index contributed by atoms with van der Waals surface area (Å²) in [6, 6.07) is 1.91. The Balaban J connectivity index is 1.32. The molecule has 3 aliphatic rings. The molecule has 2 saturated heterocycles. The van der Waals surface area contributed by atoms with Gasteiger partial charge in [-0.1, -0.05) is 23.2 Å². The quantitative estimate of drug-likeness (QED) is 0.555. The highest BCUT2D eigenvalue weighted by molar-refractivity contribution is 7.17. The Morgan fingerprint density at radius 3 is 2.76 bits per heavy atom. The lowest BCUT2D eigenvalue weighted by Crippen LogP contribution is -2.58. The maximum Gasteiger partial charge on any atom is 0.256 e. The van der Waals surface area contributed by atoms with Gasteiger partial charge in [-0.3, -0.25) is 9.59 Å². The molecule has 0 atom stereocenters. The van der Waals surface area contributed by atoms with Gasteiger partial charge in [-0.25, -0.2) is 4.98 Å². The number of pyridine rings is 1. The number of rotatable bonds is 3. The van der Waals surface area contributed by atoms with Crippen LogP contribution in [0.25, 0.3) is 10.2 Å². The van der Waals surface area contributed by atoms with E-state index in [1.165, 1.54) is 11.3 Å². The standard InChI is InChI=1S/C24H24Cl2N4O3S/c1-13-20-21(34-12-27-20)15(22(31)28-13)9-29-5-2-14-16(25)8-17(19(26)18(14)23(29)32)30-10-24(11-30)3-6-33-7-4-24/h8,12H,2-7,9-11H2,1H3,(H,28,31). The molecule has 6 rings (SSSR count). The number of aromatic nitrogens is 2. The Hall–Kier alpha value is -2.13. The first-order valence-corrected chi connectivity index (χ1v) is 13.1. The number of halogens is 2. The molecule has 178 valence electrons. The molecule has 0 radical (unpaired) electrons. The minimum atomic E-state index is -0.187. The van der Waals surface area contributed by atoms with Gasteiger partial charge in [0.15, 0.2) is 0 Å². The molecular formula is C24H24Cl2N4O3S.